The number of carbonyl (C=O) groups is 3. The topological polar surface area (TPSA) is 156 Å². The molecule has 0 unspecified atom stereocenters. The third kappa shape index (κ3) is 10.4. The average Bonchev–Trinajstić information content (AvgIpc) is 3.70. The van der Waals surface area contributed by atoms with E-state index in [1.807, 2.05) is 81.6 Å². The third-order valence-electron chi connectivity index (χ3n) is 7.96. The third-order valence-corrected chi connectivity index (χ3v) is 8.78. The molecule has 3 heterocycles. The van der Waals surface area contributed by atoms with Crippen molar-refractivity contribution in [3.8, 4) is 5.75 Å². The molecule has 0 saturated heterocycles. The van der Waals surface area contributed by atoms with Crippen LogP contribution >= 0.6 is 11.3 Å². The maximum absolute atomic E-state index is 13.7. The van der Waals surface area contributed by atoms with Gasteiger partial charge in [0.15, 0.2) is 0 Å². The first-order chi connectivity index (χ1) is 23.2. The molecular weight excluding hydrogens is 631 g/mol. The van der Waals surface area contributed by atoms with Crippen molar-refractivity contribution in [1.29, 1.82) is 0 Å². The number of aryl methyl sites for hydroxylation is 1. The van der Waals surface area contributed by atoms with Crippen LogP contribution in [0.5, 0.6) is 5.75 Å². The Balaban J connectivity index is 1.37. The van der Waals surface area contributed by atoms with Gasteiger partial charge < -0.3 is 20.7 Å². The van der Waals surface area contributed by atoms with Gasteiger partial charge in [-0.1, -0.05) is 61.5 Å². The minimum absolute atomic E-state index is 0.0706. The molecule has 0 fully saturated rings. The van der Waals surface area contributed by atoms with Gasteiger partial charge in [0.25, 0.3) is 0 Å². The molecule has 5 rings (SSSR count). The van der Waals surface area contributed by atoms with Crippen LogP contribution in [0.1, 0.15) is 40.7 Å². The SMILES string of the molecule is Cc1nnc(CN2CCNC(=O)[C@H](Cc3ccccc3)NC(=O)[C@@H](C(C)C)NC(=O)Cc3cccc(c3)OCCn3cc(nn3)CC2)s1. The van der Waals surface area contributed by atoms with Crippen molar-refractivity contribution in [3.05, 3.63) is 87.6 Å². The van der Waals surface area contributed by atoms with Crippen molar-refractivity contribution in [1.82, 2.24) is 46.0 Å². The Bertz CT molecular complexity index is 1660. The highest BCUT2D eigenvalue weighted by Crippen LogP contribution is 2.15. The molecule has 3 N–H and O–H groups in total. The molecule has 2 atom stereocenters. The number of rotatable bonds is 5. The van der Waals surface area contributed by atoms with E-state index in [2.05, 4.69) is 41.4 Å². The molecule has 2 aromatic carbocycles. The summed E-state index contributed by atoms with van der Waals surface area (Å²) in [7, 11) is 0. The molecule has 4 bridgehead atoms. The molecule has 0 saturated carbocycles. The summed E-state index contributed by atoms with van der Waals surface area (Å²) in [4.78, 5) is 42.7. The molecule has 0 radical (unpaired) electrons. The second-order valence-corrected chi connectivity index (χ2v) is 13.5. The summed E-state index contributed by atoms with van der Waals surface area (Å²) < 4.78 is 7.72. The summed E-state index contributed by atoms with van der Waals surface area (Å²) in [5.74, 6) is -0.594. The molecule has 3 amide bonds. The molecule has 254 valence electrons. The van der Waals surface area contributed by atoms with Crippen molar-refractivity contribution in [2.45, 2.75) is 65.2 Å². The van der Waals surface area contributed by atoms with Crippen LogP contribution in [0.4, 0.5) is 0 Å². The van der Waals surface area contributed by atoms with E-state index >= 15 is 0 Å². The number of ether oxygens (including phenoxy) is 1. The highest BCUT2D eigenvalue weighted by molar-refractivity contribution is 7.11. The summed E-state index contributed by atoms with van der Waals surface area (Å²) >= 11 is 1.54. The number of fused-ring (bicyclic) bond motifs is 4. The van der Waals surface area contributed by atoms with Gasteiger partial charge >= 0.3 is 0 Å². The van der Waals surface area contributed by atoms with E-state index in [1.165, 1.54) is 11.3 Å². The molecule has 2 aromatic heterocycles. The Hall–Kier alpha value is -4.69. The Labute approximate surface area is 284 Å². The van der Waals surface area contributed by atoms with Gasteiger partial charge in [0.2, 0.25) is 17.7 Å². The van der Waals surface area contributed by atoms with Gasteiger partial charge in [0.05, 0.1) is 25.2 Å². The van der Waals surface area contributed by atoms with Gasteiger partial charge in [0.1, 0.15) is 34.5 Å². The monoisotopic (exact) mass is 673 g/mol. The Morgan fingerprint density at radius 1 is 0.958 bits per heavy atom. The zero-order chi connectivity index (χ0) is 33.9. The van der Waals surface area contributed by atoms with Crippen LogP contribution < -0.4 is 20.7 Å². The molecular formula is C34H43N9O4S. The Morgan fingerprint density at radius 2 is 1.79 bits per heavy atom. The molecule has 48 heavy (non-hydrogen) atoms. The van der Waals surface area contributed by atoms with Crippen molar-refractivity contribution in [2.24, 2.45) is 5.92 Å². The highest BCUT2D eigenvalue weighted by atomic mass is 32.1. The molecule has 14 heteroatoms. The first-order valence-electron chi connectivity index (χ1n) is 16.3. The number of benzene rings is 2. The smallest absolute Gasteiger partial charge is 0.243 e. The quantitative estimate of drug-likeness (QED) is 0.289. The predicted molar refractivity (Wildman–Crippen MR) is 181 cm³/mol. The number of nitrogens with one attached hydrogen (secondary N) is 3. The van der Waals surface area contributed by atoms with Gasteiger partial charge in [-0.2, -0.15) is 0 Å². The fraction of sp³-hybridized carbons (Fsp3) is 0.441. The maximum atomic E-state index is 13.7. The van der Waals surface area contributed by atoms with Crippen molar-refractivity contribution in [3.63, 3.8) is 0 Å². The molecule has 4 aromatic rings. The molecule has 13 nitrogen and oxygen atoms in total. The zero-order valence-corrected chi connectivity index (χ0v) is 28.4. The average molecular weight is 674 g/mol. The first kappa shape index (κ1) is 34.6. The first-order valence-corrected chi connectivity index (χ1v) is 17.1. The van der Waals surface area contributed by atoms with Gasteiger partial charge in [-0.25, -0.2) is 4.68 Å². The molecule has 1 aliphatic heterocycles. The van der Waals surface area contributed by atoms with Gasteiger partial charge in [0, 0.05) is 38.7 Å². The lowest BCUT2D eigenvalue weighted by Crippen LogP contribution is -2.56. The summed E-state index contributed by atoms with van der Waals surface area (Å²) in [6, 6.07) is 15.2. The van der Waals surface area contributed by atoms with Gasteiger partial charge in [-0.05, 0) is 36.1 Å². The van der Waals surface area contributed by atoms with Crippen LogP contribution in [0.15, 0.2) is 60.8 Å². The van der Waals surface area contributed by atoms with E-state index in [0.29, 0.717) is 57.9 Å². The fourth-order valence-corrected chi connectivity index (χ4v) is 6.18. The lowest BCUT2D eigenvalue weighted by atomic mass is 10.0. The van der Waals surface area contributed by atoms with E-state index in [9.17, 15) is 14.4 Å². The minimum atomic E-state index is -0.845. The van der Waals surface area contributed by atoms with Crippen molar-refractivity contribution >= 4 is 29.1 Å². The summed E-state index contributed by atoms with van der Waals surface area (Å²) in [5, 5.41) is 27.7. The minimum Gasteiger partial charge on any atom is -0.492 e. The van der Waals surface area contributed by atoms with Crippen LogP contribution in [-0.4, -0.2) is 86.1 Å². The predicted octanol–water partition coefficient (Wildman–Crippen LogP) is 2.10. The van der Waals surface area contributed by atoms with E-state index in [4.69, 9.17) is 4.74 Å². The standard InChI is InChI=1S/C34H43N9O4S/c1-23(2)32-34(46)36-29(19-25-8-5-4-6-9-25)33(45)35-13-15-42(22-31-40-38-24(3)48-31)14-12-27-21-43(41-39-27)16-17-47-28-11-7-10-26(18-28)20-30(44)37-32/h4-11,18,21,23,29,32H,12-17,19-20,22H2,1-3H3,(H,35,45)(H,36,46)(H,37,44)/t29-,32+/m0/s1. The lowest BCUT2D eigenvalue weighted by molar-refractivity contribution is -0.132. The summed E-state index contributed by atoms with van der Waals surface area (Å²) in [6.07, 6.45) is 2.93. The number of hydrogen-bond donors (Lipinski definition) is 3. The lowest BCUT2D eigenvalue weighted by Gasteiger charge is -2.26. The molecule has 0 spiro atoms. The van der Waals surface area contributed by atoms with Crippen LogP contribution in [0.25, 0.3) is 0 Å². The van der Waals surface area contributed by atoms with E-state index in [0.717, 1.165) is 26.8 Å². The molecule has 1 aliphatic rings. The highest BCUT2D eigenvalue weighted by Gasteiger charge is 2.29. The normalized spacial score (nSPS) is 19.2. The second-order valence-electron chi connectivity index (χ2n) is 12.2. The fourth-order valence-electron chi connectivity index (χ4n) is 5.43. The van der Waals surface area contributed by atoms with E-state index in [-0.39, 0.29) is 24.2 Å². The Kier molecular flexibility index (Phi) is 12.2. The van der Waals surface area contributed by atoms with Gasteiger partial charge in [-0.3, -0.25) is 19.3 Å². The maximum Gasteiger partial charge on any atom is 0.243 e. The van der Waals surface area contributed by atoms with Crippen LogP contribution in [0.3, 0.4) is 0 Å². The van der Waals surface area contributed by atoms with E-state index < -0.39 is 18.0 Å². The second kappa shape index (κ2) is 16.9. The van der Waals surface area contributed by atoms with Crippen LogP contribution in [0, 0.1) is 12.8 Å². The molecule has 0 aliphatic carbocycles. The summed E-state index contributed by atoms with van der Waals surface area (Å²) in [5.41, 5.74) is 2.50. The van der Waals surface area contributed by atoms with Gasteiger partial charge in [-0.15, -0.1) is 26.6 Å². The number of hydrogen-bond acceptors (Lipinski definition) is 10. The number of amides is 3. The van der Waals surface area contributed by atoms with Crippen LogP contribution in [-0.2, 0) is 46.7 Å². The van der Waals surface area contributed by atoms with E-state index in [1.54, 1.807) is 4.68 Å². The van der Waals surface area contributed by atoms with Crippen molar-refractivity contribution < 1.29 is 19.1 Å². The number of aromatic nitrogens is 5. The van der Waals surface area contributed by atoms with Crippen molar-refractivity contribution in [2.75, 3.05) is 26.2 Å². The number of carbonyl (C=O) groups excluding carboxylic acids is 3. The zero-order valence-electron chi connectivity index (χ0n) is 27.6. The largest absolute Gasteiger partial charge is 0.492 e. The van der Waals surface area contributed by atoms with Crippen LogP contribution in [0.2, 0.25) is 0 Å². The summed E-state index contributed by atoms with van der Waals surface area (Å²) in [6.45, 7) is 8.66. The Morgan fingerprint density at radius 3 is 2.56 bits per heavy atom. The number of nitrogens with zero attached hydrogens (tertiary/aromatic N) is 6.